The summed E-state index contributed by atoms with van der Waals surface area (Å²) in [5.41, 5.74) is 1.86. The maximum atomic E-state index is 13.3. The molecule has 1 aromatic carbocycles. The molecule has 1 aliphatic rings. The first-order chi connectivity index (χ1) is 12.1. The van der Waals surface area contributed by atoms with Crippen LogP contribution in [0.3, 0.4) is 0 Å². The Balaban J connectivity index is 1.73. The second kappa shape index (κ2) is 7.65. The second-order valence-corrected chi connectivity index (χ2v) is 6.30. The van der Waals surface area contributed by atoms with Crippen molar-refractivity contribution in [3.05, 3.63) is 53.6 Å². The van der Waals surface area contributed by atoms with Gasteiger partial charge in [-0.3, -0.25) is 4.68 Å². The van der Waals surface area contributed by atoms with Crippen molar-refractivity contribution in [3.8, 4) is 0 Å². The Bertz CT molecular complexity index is 708. The number of aromatic nitrogens is 2. The topological polar surface area (TPSA) is 59.4 Å². The largest absolute Gasteiger partial charge is 0.453 e. The fourth-order valence-corrected chi connectivity index (χ4v) is 3.19. The lowest BCUT2D eigenvalue weighted by Gasteiger charge is -2.33. The molecule has 7 heteroatoms. The predicted octanol–water partition coefficient (Wildman–Crippen LogP) is 2.47. The van der Waals surface area contributed by atoms with Crippen LogP contribution in [0.2, 0.25) is 0 Å². The molecule has 0 aliphatic carbocycles. The Labute approximate surface area is 146 Å². The van der Waals surface area contributed by atoms with E-state index in [1.165, 1.54) is 19.2 Å². The standard InChI is InChI=1S/C18H23FN4O2/c1-22-10-9-16(21-22)17(13-3-5-14(19)6-4-13)20-15-7-11-23(12-8-15)18(24)25-2/h3-6,9-10,15,17,20H,7-8,11-12H2,1-2H3/t17-/m1/s1. The SMILES string of the molecule is COC(=O)N1CCC(N[C@H](c2ccc(F)cc2)c2ccn(C)n2)CC1. The summed E-state index contributed by atoms with van der Waals surface area (Å²) in [6.45, 7) is 1.31. The first kappa shape index (κ1) is 17.4. The zero-order chi connectivity index (χ0) is 17.8. The van der Waals surface area contributed by atoms with Gasteiger partial charge in [0.05, 0.1) is 18.8 Å². The minimum Gasteiger partial charge on any atom is -0.453 e. The van der Waals surface area contributed by atoms with E-state index in [0.717, 1.165) is 24.1 Å². The van der Waals surface area contributed by atoms with Gasteiger partial charge < -0.3 is 15.0 Å². The molecule has 1 N–H and O–H groups in total. The molecular weight excluding hydrogens is 323 g/mol. The summed E-state index contributed by atoms with van der Waals surface area (Å²) in [6, 6.07) is 8.59. The van der Waals surface area contributed by atoms with E-state index in [1.54, 1.807) is 21.7 Å². The summed E-state index contributed by atoms with van der Waals surface area (Å²) in [5, 5.41) is 8.13. The van der Waals surface area contributed by atoms with E-state index in [-0.39, 0.29) is 24.0 Å². The summed E-state index contributed by atoms with van der Waals surface area (Å²) in [5.74, 6) is -0.255. The van der Waals surface area contributed by atoms with Crippen molar-refractivity contribution in [3.63, 3.8) is 0 Å². The molecule has 6 nitrogen and oxygen atoms in total. The fraction of sp³-hybridized carbons (Fsp3) is 0.444. The Morgan fingerprint density at radius 3 is 2.52 bits per heavy atom. The van der Waals surface area contributed by atoms with Gasteiger partial charge in [-0.1, -0.05) is 12.1 Å². The molecular formula is C18H23FN4O2. The third-order valence-corrected chi connectivity index (χ3v) is 4.56. The van der Waals surface area contributed by atoms with Crippen LogP contribution in [-0.4, -0.2) is 47.0 Å². The summed E-state index contributed by atoms with van der Waals surface area (Å²) < 4.78 is 19.8. The van der Waals surface area contributed by atoms with E-state index in [2.05, 4.69) is 10.4 Å². The number of halogens is 1. The number of nitrogens with zero attached hydrogens (tertiary/aromatic N) is 3. The van der Waals surface area contributed by atoms with Crippen molar-refractivity contribution in [1.29, 1.82) is 0 Å². The van der Waals surface area contributed by atoms with Crippen LogP contribution in [0.25, 0.3) is 0 Å². The van der Waals surface area contributed by atoms with E-state index < -0.39 is 0 Å². The second-order valence-electron chi connectivity index (χ2n) is 6.30. The van der Waals surface area contributed by atoms with Gasteiger partial charge >= 0.3 is 6.09 Å². The lowest BCUT2D eigenvalue weighted by atomic mass is 9.99. The molecule has 3 rings (SSSR count). The number of nitrogens with one attached hydrogen (secondary N) is 1. The molecule has 0 radical (unpaired) electrons. The average Bonchev–Trinajstić information content (AvgIpc) is 3.06. The Morgan fingerprint density at radius 2 is 1.96 bits per heavy atom. The Morgan fingerprint density at radius 1 is 1.28 bits per heavy atom. The predicted molar refractivity (Wildman–Crippen MR) is 91.6 cm³/mol. The van der Waals surface area contributed by atoms with Crippen LogP contribution in [0.5, 0.6) is 0 Å². The minimum atomic E-state index is -0.279. The summed E-state index contributed by atoms with van der Waals surface area (Å²) >= 11 is 0. The molecule has 0 saturated carbocycles. The molecule has 0 spiro atoms. The van der Waals surface area contributed by atoms with E-state index in [0.29, 0.717) is 13.1 Å². The van der Waals surface area contributed by atoms with Gasteiger partial charge in [0.1, 0.15) is 5.82 Å². The van der Waals surface area contributed by atoms with Crippen molar-refractivity contribution in [1.82, 2.24) is 20.0 Å². The average molecular weight is 346 g/mol. The highest BCUT2D eigenvalue weighted by Gasteiger charge is 2.26. The number of ether oxygens (including phenoxy) is 1. The van der Waals surface area contributed by atoms with Gasteiger partial charge in [0.15, 0.2) is 0 Å². The van der Waals surface area contributed by atoms with E-state index in [4.69, 9.17) is 4.74 Å². The van der Waals surface area contributed by atoms with Gasteiger partial charge in [-0.15, -0.1) is 0 Å². The molecule has 2 heterocycles. The van der Waals surface area contributed by atoms with Crippen LogP contribution < -0.4 is 5.32 Å². The number of carbonyl (C=O) groups excluding carboxylic acids is 1. The van der Waals surface area contributed by atoms with Gasteiger partial charge in [0.2, 0.25) is 0 Å². The molecule has 1 aromatic heterocycles. The third-order valence-electron chi connectivity index (χ3n) is 4.56. The van der Waals surface area contributed by atoms with Crippen molar-refractivity contribution in [2.45, 2.75) is 24.9 Å². The lowest BCUT2D eigenvalue weighted by molar-refractivity contribution is 0.109. The van der Waals surface area contributed by atoms with Gasteiger partial charge in [-0.2, -0.15) is 5.10 Å². The maximum Gasteiger partial charge on any atom is 0.409 e. The fourth-order valence-electron chi connectivity index (χ4n) is 3.19. The van der Waals surface area contributed by atoms with Crippen LogP contribution in [0.1, 0.15) is 30.1 Å². The molecule has 1 atom stereocenters. The van der Waals surface area contributed by atoms with Crippen molar-refractivity contribution < 1.29 is 13.9 Å². The number of benzene rings is 1. The molecule has 1 saturated heterocycles. The number of carbonyl (C=O) groups is 1. The highest BCUT2D eigenvalue weighted by molar-refractivity contribution is 5.67. The zero-order valence-electron chi connectivity index (χ0n) is 14.5. The quantitative estimate of drug-likeness (QED) is 0.924. The van der Waals surface area contributed by atoms with E-state index in [9.17, 15) is 9.18 Å². The van der Waals surface area contributed by atoms with Crippen molar-refractivity contribution in [2.75, 3.05) is 20.2 Å². The monoisotopic (exact) mass is 346 g/mol. The summed E-state index contributed by atoms with van der Waals surface area (Å²) in [6.07, 6.45) is 3.28. The number of hydrogen-bond acceptors (Lipinski definition) is 4. The number of amides is 1. The molecule has 0 bridgehead atoms. The highest BCUT2D eigenvalue weighted by Crippen LogP contribution is 2.24. The van der Waals surface area contributed by atoms with Gasteiger partial charge in [0, 0.05) is 32.4 Å². The number of rotatable bonds is 4. The van der Waals surface area contributed by atoms with Crippen molar-refractivity contribution in [2.24, 2.45) is 7.05 Å². The molecule has 1 fully saturated rings. The third kappa shape index (κ3) is 4.17. The minimum absolute atomic E-state index is 0.114. The first-order valence-electron chi connectivity index (χ1n) is 8.41. The van der Waals surface area contributed by atoms with Gasteiger partial charge in [-0.05, 0) is 36.6 Å². The van der Waals surface area contributed by atoms with Crippen LogP contribution in [-0.2, 0) is 11.8 Å². The molecule has 1 aliphatic heterocycles. The number of aryl methyl sites for hydroxylation is 1. The van der Waals surface area contributed by atoms with Crippen LogP contribution >= 0.6 is 0 Å². The molecule has 25 heavy (non-hydrogen) atoms. The van der Waals surface area contributed by atoms with Crippen LogP contribution in [0.15, 0.2) is 36.5 Å². The van der Waals surface area contributed by atoms with Crippen LogP contribution in [0, 0.1) is 5.82 Å². The van der Waals surface area contributed by atoms with Gasteiger partial charge in [0.25, 0.3) is 0 Å². The number of hydrogen-bond donors (Lipinski definition) is 1. The summed E-state index contributed by atoms with van der Waals surface area (Å²) in [7, 11) is 3.28. The van der Waals surface area contributed by atoms with E-state index in [1.807, 2.05) is 19.3 Å². The van der Waals surface area contributed by atoms with E-state index >= 15 is 0 Å². The van der Waals surface area contributed by atoms with Crippen LogP contribution in [0.4, 0.5) is 9.18 Å². The van der Waals surface area contributed by atoms with Crippen molar-refractivity contribution >= 4 is 6.09 Å². The summed E-state index contributed by atoms with van der Waals surface area (Å²) in [4.78, 5) is 13.3. The Kier molecular flexibility index (Phi) is 5.33. The first-order valence-corrected chi connectivity index (χ1v) is 8.41. The zero-order valence-corrected chi connectivity index (χ0v) is 14.5. The smallest absolute Gasteiger partial charge is 0.409 e. The highest BCUT2D eigenvalue weighted by atomic mass is 19.1. The molecule has 134 valence electrons. The Hall–Kier alpha value is -2.41. The number of likely N-dealkylation sites (tertiary alicyclic amines) is 1. The lowest BCUT2D eigenvalue weighted by Crippen LogP contribution is -2.46. The number of methoxy groups -OCH3 is 1. The van der Waals surface area contributed by atoms with Gasteiger partial charge in [-0.25, -0.2) is 9.18 Å². The molecule has 0 unspecified atom stereocenters. The maximum absolute atomic E-state index is 13.3. The molecule has 1 amide bonds. The number of piperidine rings is 1. The normalized spacial score (nSPS) is 16.7. The molecule has 2 aromatic rings.